The quantitative estimate of drug-likeness (QED) is 0.181. The van der Waals surface area contributed by atoms with E-state index in [2.05, 4.69) is 62.6 Å². The minimum absolute atomic E-state index is 0.00721. The summed E-state index contributed by atoms with van der Waals surface area (Å²) in [6.45, 7) is 13.2. The highest BCUT2D eigenvalue weighted by Gasteiger charge is 2.34. The molecule has 60 heavy (non-hydrogen) atoms. The summed E-state index contributed by atoms with van der Waals surface area (Å²) < 4.78 is 0. The van der Waals surface area contributed by atoms with Crippen molar-refractivity contribution in [2.24, 2.45) is 0 Å². The molecule has 10 heteroatoms. The van der Waals surface area contributed by atoms with Crippen molar-refractivity contribution in [1.29, 1.82) is 0 Å². The van der Waals surface area contributed by atoms with Crippen LogP contribution < -0.4 is 10.6 Å². The van der Waals surface area contributed by atoms with Crippen LogP contribution in [0.4, 0.5) is 0 Å². The lowest BCUT2D eigenvalue weighted by Crippen LogP contribution is -2.30. The fourth-order valence-corrected chi connectivity index (χ4v) is 17.6. The van der Waals surface area contributed by atoms with E-state index in [-0.39, 0.29) is 29.7 Å². The summed E-state index contributed by atoms with van der Waals surface area (Å²) in [6, 6.07) is 28.1. The average molecular weight is 925 g/mol. The molecule has 0 saturated carbocycles. The highest BCUT2D eigenvalue weighted by molar-refractivity contribution is 7.63. The molecule has 2 heterocycles. The molecular formula is C50H60Cl4N2O2P2. The Kier molecular flexibility index (Phi) is 17.1. The Morgan fingerprint density at radius 2 is 1.05 bits per heavy atom. The monoisotopic (exact) mass is 922 g/mol. The van der Waals surface area contributed by atoms with Crippen LogP contribution in [0, 0.1) is 0 Å². The van der Waals surface area contributed by atoms with Gasteiger partial charge in [-0.05, 0) is 132 Å². The molecule has 2 aliphatic carbocycles. The molecule has 320 valence electrons. The first-order chi connectivity index (χ1) is 28.7. The van der Waals surface area contributed by atoms with Gasteiger partial charge in [0.15, 0.2) is 0 Å². The van der Waals surface area contributed by atoms with Crippen LogP contribution in [-0.2, 0) is 9.59 Å². The second kappa shape index (κ2) is 21.8. The predicted molar refractivity (Wildman–Crippen MR) is 262 cm³/mol. The molecular weight excluding hydrogens is 864 g/mol. The first-order valence-electron chi connectivity index (χ1n) is 21.6. The van der Waals surface area contributed by atoms with E-state index < -0.39 is 0 Å². The van der Waals surface area contributed by atoms with Gasteiger partial charge < -0.3 is 10.6 Å². The summed E-state index contributed by atoms with van der Waals surface area (Å²) in [4.78, 5) is 22.8. The van der Waals surface area contributed by atoms with Crippen molar-refractivity contribution < 1.29 is 9.59 Å². The van der Waals surface area contributed by atoms with Gasteiger partial charge in [-0.2, -0.15) is 0 Å². The Balaban J connectivity index is 0.000000153. The van der Waals surface area contributed by atoms with E-state index in [9.17, 15) is 9.59 Å². The first kappa shape index (κ1) is 47.1. The Morgan fingerprint density at radius 3 is 1.55 bits per heavy atom. The molecule has 8 rings (SSSR count). The fourth-order valence-electron chi connectivity index (χ4n) is 9.74. The van der Waals surface area contributed by atoms with Gasteiger partial charge in [-0.3, -0.25) is 9.59 Å². The van der Waals surface area contributed by atoms with Crippen LogP contribution in [0.1, 0.15) is 138 Å². The zero-order chi connectivity index (χ0) is 43.1. The molecule has 4 nitrogen and oxygen atoms in total. The summed E-state index contributed by atoms with van der Waals surface area (Å²) >= 11 is 24.4. The molecule has 4 aliphatic rings. The maximum atomic E-state index is 11.4. The Morgan fingerprint density at radius 1 is 0.567 bits per heavy atom. The molecule has 0 radical (unpaired) electrons. The zero-order valence-electron chi connectivity index (χ0n) is 35.8. The van der Waals surface area contributed by atoms with Gasteiger partial charge >= 0.3 is 0 Å². The number of hydrogen-bond acceptors (Lipinski definition) is 2. The van der Waals surface area contributed by atoms with Gasteiger partial charge in [-0.1, -0.05) is 141 Å². The third-order valence-corrected chi connectivity index (χ3v) is 21.8. The number of allylic oxidation sites excluding steroid dienone is 1. The van der Waals surface area contributed by atoms with Crippen LogP contribution in [0.3, 0.4) is 0 Å². The van der Waals surface area contributed by atoms with E-state index in [1.807, 2.05) is 66.7 Å². The van der Waals surface area contributed by atoms with Gasteiger partial charge in [0.1, 0.15) is 0 Å². The topological polar surface area (TPSA) is 58.2 Å². The molecule has 0 aromatic heterocycles. The number of hydrogen-bond donors (Lipinski definition) is 2. The number of carbonyl (C=O) groups is 2. The third-order valence-electron chi connectivity index (χ3n) is 12.9. The number of fused-ring (bicyclic) bond motifs is 2. The molecule has 2 N–H and O–H groups in total. The highest BCUT2D eigenvalue weighted by Crippen LogP contribution is 2.61. The number of nitrogens with one attached hydrogen (secondary N) is 2. The standard InChI is InChI=1S/C18H17Cl2NO.C18H15Cl2NO.C14H28P2/c2*1-11(22)21-18-9-7-13(14-4-2-3-5-15(14)18)12-6-8-16(19)17(20)10-12;1-11-5-6-12(2)15(11)9-10-16-13(3)7-8-14(16)4/h2-6,8,10,13,18H,7,9H2,1H3,(H,21,22);2-6,8-10,13H,7H2,1H3,(H,21,22);11-14H,5-10H2,1-4H3/t13-,18+;13-;11-,12-,13-,14-/m001/s1. The van der Waals surface area contributed by atoms with Gasteiger partial charge in [0.05, 0.1) is 26.1 Å². The normalized spacial score (nSPS) is 24.8. The minimum atomic E-state index is -0.0611. The third kappa shape index (κ3) is 11.8. The molecule has 2 aliphatic heterocycles. The zero-order valence-corrected chi connectivity index (χ0v) is 40.6. The molecule has 0 spiro atoms. The van der Waals surface area contributed by atoms with E-state index in [1.54, 1.807) is 19.2 Å². The lowest BCUT2D eigenvalue weighted by molar-refractivity contribution is -0.120. The molecule has 4 aromatic carbocycles. The first-order valence-corrected chi connectivity index (χ1v) is 26.4. The summed E-state index contributed by atoms with van der Waals surface area (Å²) in [5.41, 5.74) is 12.2. The lowest BCUT2D eigenvalue weighted by Gasteiger charge is -2.32. The number of rotatable bonds is 7. The summed E-state index contributed by atoms with van der Waals surface area (Å²) in [5, 5.41) is 8.23. The van der Waals surface area contributed by atoms with Gasteiger partial charge in [-0.25, -0.2) is 0 Å². The Labute approximate surface area is 381 Å². The van der Waals surface area contributed by atoms with Crippen molar-refractivity contribution in [2.45, 2.75) is 127 Å². The van der Waals surface area contributed by atoms with E-state index in [1.165, 1.54) is 54.9 Å². The van der Waals surface area contributed by atoms with Gasteiger partial charge in [0, 0.05) is 36.9 Å². The van der Waals surface area contributed by atoms with Crippen LogP contribution in [0.25, 0.3) is 5.70 Å². The number of halogens is 4. The minimum Gasteiger partial charge on any atom is -0.350 e. The van der Waals surface area contributed by atoms with Crippen molar-refractivity contribution in [3.8, 4) is 0 Å². The molecule has 0 unspecified atom stereocenters. The second-order valence-corrected chi connectivity index (χ2v) is 25.2. The van der Waals surface area contributed by atoms with Crippen molar-refractivity contribution in [3.63, 3.8) is 0 Å². The SMILES string of the molecule is CC(=O)NC1=CC[C@@H](c2ccc(Cl)c(Cl)c2)c2ccccc21.CC(=O)N[C@@H]1CC[C@@H](c2ccc(Cl)c(Cl)c2)c2ccccc21.C[C@@H]1CC[C@@H](C)P1CCP1[C@H](C)CC[C@H]1C. The van der Waals surface area contributed by atoms with Gasteiger partial charge in [-0.15, -0.1) is 15.8 Å². The largest absolute Gasteiger partial charge is 0.350 e. The molecule has 4 aromatic rings. The molecule has 2 fully saturated rings. The maximum absolute atomic E-state index is 11.4. The van der Waals surface area contributed by atoms with Crippen LogP contribution in [-0.4, -0.2) is 46.8 Å². The Bertz CT molecular complexity index is 2120. The van der Waals surface area contributed by atoms with Crippen molar-refractivity contribution in [3.05, 3.63) is 144 Å². The second-order valence-electron chi connectivity index (χ2n) is 17.1. The Hall–Kier alpha value is -2.42. The van der Waals surface area contributed by atoms with Gasteiger partial charge in [0.25, 0.3) is 0 Å². The number of benzene rings is 4. The lowest BCUT2D eigenvalue weighted by atomic mass is 9.77. The molecule has 0 bridgehead atoms. The predicted octanol–water partition coefficient (Wildman–Crippen LogP) is 15.2. The summed E-state index contributed by atoms with van der Waals surface area (Å²) in [5.74, 6) is 0.446. The van der Waals surface area contributed by atoms with E-state index in [4.69, 9.17) is 46.4 Å². The van der Waals surface area contributed by atoms with Crippen LogP contribution in [0.5, 0.6) is 0 Å². The van der Waals surface area contributed by atoms with E-state index >= 15 is 0 Å². The summed E-state index contributed by atoms with van der Waals surface area (Å²) in [6.07, 6.45) is 14.1. The van der Waals surface area contributed by atoms with Crippen LogP contribution in [0.2, 0.25) is 20.1 Å². The van der Waals surface area contributed by atoms with Crippen molar-refractivity contribution in [2.75, 3.05) is 12.3 Å². The van der Waals surface area contributed by atoms with E-state index in [0.717, 1.165) is 58.7 Å². The average Bonchev–Trinajstić information content (AvgIpc) is 3.73. The molecule has 2 amide bonds. The van der Waals surface area contributed by atoms with Gasteiger partial charge in [0.2, 0.25) is 11.8 Å². The number of carbonyl (C=O) groups excluding carboxylic acids is 2. The van der Waals surface area contributed by atoms with Crippen molar-refractivity contribution >= 4 is 79.8 Å². The van der Waals surface area contributed by atoms with Crippen LogP contribution in [0.15, 0.2) is 91.0 Å². The molecule has 7 atom stereocenters. The summed E-state index contributed by atoms with van der Waals surface area (Å²) in [7, 11) is 0.789. The highest BCUT2D eigenvalue weighted by atomic mass is 35.5. The van der Waals surface area contributed by atoms with Crippen LogP contribution >= 0.6 is 62.2 Å². The van der Waals surface area contributed by atoms with E-state index in [0.29, 0.717) is 35.9 Å². The number of amides is 2. The smallest absolute Gasteiger partial charge is 0.221 e. The van der Waals surface area contributed by atoms with Crippen molar-refractivity contribution in [1.82, 2.24) is 10.6 Å². The molecule has 2 saturated heterocycles. The fraction of sp³-hybridized carbons (Fsp3) is 0.440. The maximum Gasteiger partial charge on any atom is 0.221 e.